The van der Waals surface area contributed by atoms with Gasteiger partial charge in [0.1, 0.15) is 11.6 Å². The van der Waals surface area contributed by atoms with Gasteiger partial charge in [-0.1, -0.05) is 19.1 Å². The van der Waals surface area contributed by atoms with Crippen molar-refractivity contribution in [2.24, 2.45) is 21.9 Å². The number of nitrogens with one attached hydrogen (secondary N) is 2. The molecule has 1 atom stereocenters. The van der Waals surface area contributed by atoms with Crippen molar-refractivity contribution in [2.45, 2.75) is 60.3 Å². The minimum Gasteiger partial charge on any atom is -0.311 e. The Bertz CT molecular complexity index is 712. The molecule has 0 aromatic carbocycles. The van der Waals surface area contributed by atoms with Crippen molar-refractivity contribution < 1.29 is 9.18 Å². The summed E-state index contributed by atoms with van der Waals surface area (Å²) in [6.07, 6.45) is 10.9. The molecule has 1 aliphatic rings. The third-order valence-electron chi connectivity index (χ3n) is 4.59. The highest BCUT2D eigenvalue weighted by Gasteiger charge is 2.21. The first-order valence-corrected chi connectivity index (χ1v) is 9.83. The molecule has 0 aliphatic heterocycles. The number of nitrogens with zero attached hydrogens (tertiary/aromatic N) is 2. The molecule has 0 aromatic heterocycles. The standard InChI is InChI=1S/C22H33FN4O/c1-7-18(14-15(4)19(23)8-2)25-20(9-3)16(5)22(28)26-21(27-24-6)13-12-17-10-11-17/h8-9,13-14,16-17,27H,6-7,10-12H2,1-5H3,(H,26,28)/b15-14-,19-8+,20-9-,21-13-,25-18-. The molecular weight excluding hydrogens is 355 g/mol. The van der Waals surface area contributed by atoms with Gasteiger partial charge in [-0.25, -0.2) is 4.39 Å². The zero-order chi connectivity index (χ0) is 21.1. The second-order valence-electron chi connectivity index (χ2n) is 6.91. The first kappa shape index (κ1) is 23.5. The van der Waals surface area contributed by atoms with Crippen molar-refractivity contribution in [3.63, 3.8) is 0 Å². The second kappa shape index (κ2) is 12.1. The average molecular weight is 389 g/mol. The van der Waals surface area contributed by atoms with Crippen LogP contribution in [0.15, 0.2) is 57.3 Å². The summed E-state index contributed by atoms with van der Waals surface area (Å²) >= 11 is 0. The van der Waals surface area contributed by atoms with Gasteiger partial charge in [-0.05, 0) is 77.0 Å². The second-order valence-corrected chi connectivity index (χ2v) is 6.91. The monoisotopic (exact) mass is 388 g/mol. The Morgan fingerprint density at radius 1 is 1.32 bits per heavy atom. The van der Waals surface area contributed by atoms with Crippen LogP contribution in [-0.4, -0.2) is 18.3 Å². The molecule has 1 unspecified atom stereocenters. The lowest BCUT2D eigenvalue weighted by Gasteiger charge is -2.15. The molecule has 1 rings (SSSR count). The number of amides is 1. The van der Waals surface area contributed by atoms with E-state index in [0.29, 0.717) is 29.4 Å². The van der Waals surface area contributed by atoms with E-state index in [1.165, 1.54) is 18.9 Å². The van der Waals surface area contributed by atoms with Crippen LogP contribution in [0.3, 0.4) is 0 Å². The zero-order valence-electron chi connectivity index (χ0n) is 17.7. The van der Waals surface area contributed by atoms with Crippen molar-refractivity contribution in [2.75, 3.05) is 0 Å². The minimum atomic E-state index is -0.470. The Kier molecular flexibility index (Phi) is 10.1. The summed E-state index contributed by atoms with van der Waals surface area (Å²) in [5, 5.41) is 6.51. The Morgan fingerprint density at radius 2 is 2.00 bits per heavy atom. The van der Waals surface area contributed by atoms with Gasteiger partial charge in [0.05, 0.1) is 5.92 Å². The van der Waals surface area contributed by atoms with E-state index in [-0.39, 0.29) is 11.7 Å². The lowest BCUT2D eigenvalue weighted by atomic mass is 10.1. The number of allylic oxidation sites excluding steroid dienone is 6. The lowest BCUT2D eigenvalue weighted by Crippen LogP contribution is -2.34. The SMILES string of the molecule is C=NN/C(=C\CC1CC1)NC(=O)C(C)C(=C/C)/N=C(\C=C(C)/C(F)=C\C)CC. The summed E-state index contributed by atoms with van der Waals surface area (Å²) in [7, 11) is 0. The van der Waals surface area contributed by atoms with E-state index in [9.17, 15) is 9.18 Å². The number of rotatable bonds is 11. The predicted octanol–water partition coefficient (Wildman–Crippen LogP) is 5.16. The van der Waals surface area contributed by atoms with Gasteiger partial charge in [0.25, 0.3) is 0 Å². The summed E-state index contributed by atoms with van der Waals surface area (Å²) < 4.78 is 13.7. The Hall–Kier alpha value is -2.50. The van der Waals surface area contributed by atoms with Crippen LogP contribution in [0.2, 0.25) is 0 Å². The summed E-state index contributed by atoms with van der Waals surface area (Å²) in [5.41, 5.74) is 4.60. The Labute approximate surface area is 168 Å². The summed E-state index contributed by atoms with van der Waals surface area (Å²) in [6, 6.07) is 0. The minimum absolute atomic E-state index is 0.189. The molecule has 1 fully saturated rings. The largest absolute Gasteiger partial charge is 0.311 e. The molecule has 1 saturated carbocycles. The topological polar surface area (TPSA) is 65.8 Å². The van der Waals surface area contributed by atoms with Crippen LogP contribution in [0.4, 0.5) is 4.39 Å². The maximum atomic E-state index is 13.7. The third-order valence-corrected chi connectivity index (χ3v) is 4.59. The number of hydrazone groups is 1. The van der Waals surface area contributed by atoms with Gasteiger partial charge in [-0.3, -0.25) is 15.2 Å². The van der Waals surface area contributed by atoms with Gasteiger partial charge in [0.15, 0.2) is 0 Å². The molecule has 0 radical (unpaired) electrons. The number of aliphatic imine (C=N–C) groups is 1. The quantitative estimate of drug-likeness (QED) is 0.292. The highest BCUT2D eigenvalue weighted by atomic mass is 19.1. The molecule has 2 N–H and O–H groups in total. The average Bonchev–Trinajstić information content (AvgIpc) is 3.52. The highest BCUT2D eigenvalue weighted by Crippen LogP contribution is 2.32. The van der Waals surface area contributed by atoms with E-state index < -0.39 is 5.92 Å². The molecule has 0 spiro atoms. The smallest absolute Gasteiger partial charge is 0.234 e. The number of hydrogen-bond acceptors (Lipinski definition) is 4. The molecule has 0 aromatic rings. The fraction of sp³-hybridized carbons (Fsp3) is 0.500. The van der Waals surface area contributed by atoms with Gasteiger partial charge < -0.3 is 5.32 Å². The van der Waals surface area contributed by atoms with Crippen LogP contribution in [0.1, 0.15) is 60.3 Å². The van der Waals surface area contributed by atoms with Crippen molar-refractivity contribution in [1.82, 2.24) is 10.7 Å². The van der Waals surface area contributed by atoms with Gasteiger partial charge in [-0.2, -0.15) is 5.10 Å². The maximum absolute atomic E-state index is 13.7. The Balaban J connectivity index is 2.92. The first-order valence-electron chi connectivity index (χ1n) is 9.83. The molecule has 0 heterocycles. The zero-order valence-corrected chi connectivity index (χ0v) is 17.7. The van der Waals surface area contributed by atoms with E-state index in [1.54, 1.807) is 26.8 Å². The lowest BCUT2D eigenvalue weighted by molar-refractivity contribution is -0.122. The normalized spacial score (nSPS) is 18.0. The first-order chi connectivity index (χ1) is 13.4. The molecule has 0 saturated heterocycles. The van der Waals surface area contributed by atoms with Crippen molar-refractivity contribution in [3.8, 4) is 0 Å². The van der Waals surface area contributed by atoms with Gasteiger partial charge in [-0.15, -0.1) is 0 Å². The third kappa shape index (κ3) is 8.03. The summed E-state index contributed by atoms with van der Waals surface area (Å²) in [5.74, 6) is 0.308. The maximum Gasteiger partial charge on any atom is 0.234 e. The molecule has 154 valence electrons. The van der Waals surface area contributed by atoms with Gasteiger partial charge in [0.2, 0.25) is 5.91 Å². The van der Waals surface area contributed by atoms with Gasteiger partial charge >= 0.3 is 0 Å². The number of hydrogen-bond donors (Lipinski definition) is 2. The van der Waals surface area contributed by atoms with E-state index in [4.69, 9.17) is 0 Å². The molecule has 1 amide bonds. The van der Waals surface area contributed by atoms with E-state index in [0.717, 1.165) is 12.1 Å². The van der Waals surface area contributed by atoms with Crippen LogP contribution in [-0.2, 0) is 4.79 Å². The molecular formula is C22H33FN4O. The van der Waals surface area contributed by atoms with Crippen LogP contribution in [0.5, 0.6) is 0 Å². The molecule has 6 heteroatoms. The van der Waals surface area contributed by atoms with E-state index >= 15 is 0 Å². The van der Waals surface area contributed by atoms with Crippen molar-refractivity contribution >= 4 is 18.3 Å². The van der Waals surface area contributed by atoms with Crippen LogP contribution in [0, 0.1) is 11.8 Å². The number of carbonyl (C=O) groups excluding carboxylic acids is 1. The van der Waals surface area contributed by atoms with Crippen molar-refractivity contribution in [1.29, 1.82) is 0 Å². The Morgan fingerprint density at radius 3 is 2.50 bits per heavy atom. The summed E-state index contributed by atoms with van der Waals surface area (Å²) in [4.78, 5) is 17.3. The fourth-order valence-corrected chi connectivity index (χ4v) is 2.56. The molecule has 0 bridgehead atoms. The molecule has 5 nitrogen and oxygen atoms in total. The van der Waals surface area contributed by atoms with E-state index in [2.05, 4.69) is 27.6 Å². The fourth-order valence-electron chi connectivity index (χ4n) is 2.56. The van der Waals surface area contributed by atoms with Crippen LogP contribution < -0.4 is 10.7 Å². The molecule has 28 heavy (non-hydrogen) atoms. The predicted molar refractivity (Wildman–Crippen MR) is 116 cm³/mol. The van der Waals surface area contributed by atoms with Gasteiger partial charge in [0, 0.05) is 18.1 Å². The van der Waals surface area contributed by atoms with Crippen molar-refractivity contribution in [3.05, 3.63) is 47.2 Å². The van der Waals surface area contributed by atoms with Crippen LogP contribution >= 0.6 is 0 Å². The summed E-state index contributed by atoms with van der Waals surface area (Å²) in [6.45, 7) is 12.4. The number of carbonyl (C=O) groups is 1. The van der Waals surface area contributed by atoms with E-state index in [1.807, 2.05) is 26.0 Å². The highest BCUT2D eigenvalue weighted by molar-refractivity contribution is 5.97. The molecule has 1 aliphatic carbocycles. The van der Waals surface area contributed by atoms with Crippen LogP contribution in [0.25, 0.3) is 0 Å². The number of halogens is 1.